The highest BCUT2D eigenvalue weighted by molar-refractivity contribution is 6.95. The third-order valence-corrected chi connectivity index (χ3v) is 14.5. The molecule has 4 aromatic carbocycles. The molecule has 4 aliphatic rings. The average molecular weight is 694 g/mol. The molecule has 49 heavy (non-hydrogen) atoms. The van der Waals surface area contributed by atoms with Crippen LogP contribution in [0.5, 0.6) is 0 Å². The Hall–Kier alpha value is -4.48. The fourth-order valence-electron chi connectivity index (χ4n) is 7.96. The van der Waals surface area contributed by atoms with Gasteiger partial charge in [-0.1, -0.05) is 145 Å². The van der Waals surface area contributed by atoms with E-state index in [-0.39, 0.29) is 0 Å². The van der Waals surface area contributed by atoms with Crippen molar-refractivity contribution in [3.05, 3.63) is 155 Å². The zero-order valence-electron chi connectivity index (χ0n) is 27.8. The van der Waals surface area contributed by atoms with Crippen LogP contribution in [0.3, 0.4) is 0 Å². The number of fused-ring (bicyclic) bond motifs is 4. The van der Waals surface area contributed by atoms with Gasteiger partial charge in [-0.25, -0.2) is 0 Å². The molecule has 0 saturated heterocycles. The second kappa shape index (κ2) is 12.4. The zero-order chi connectivity index (χ0) is 33.9. The van der Waals surface area contributed by atoms with Crippen molar-refractivity contribution >= 4 is 63.7 Å². The first kappa shape index (κ1) is 31.8. The molecule has 0 spiro atoms. The lowest BCUT2D eigenvalue weighted by atomic mass is 9.95. The topological polar surface area (TPSA) is 18.5 Å². The van der Waals surface area contributed by atoms with E-state index < -0.39 is 8.56 Å². The lowest BCUT2D eigenvalue weighted by Crippen LogP contribution is -2.63. The maximum absolute atomic E-state index is 6.76. The van der Waals surface area contributed by atoms with Gasteiger partial charge in [-0.05, 0) is 92.4 Å². The second-order valence-corrected chi connectivity index (χ2v) is 16.5. The highest BCUT2D eigenvalue weighted by Gasteiger charge is 2.48. The number of rotatable bonds is 6. The predicted octanol–water partition coefficient (Wildman–Crippen LogP) is 11.3. The maximum atomic E-state index is 6.76. The van der Waals surface area contributed by atoms with E-state index in [1.54, 1.807) is 14.2 Å². The molecular weight excluding hydrogens is 659 g/mol. The zero-order valence-corrected chi connectivity index (χ0v) is 30.3. The summed E-state index contributed by atoms with van der Waals surface area (Å²) in [7, 11) is 0.313. The minimum atomic E-state index is -3.30. The van der Waals surface area contributed by atoms with E-state index in [0.717, 1.165) is 97.6 Å². The largest absolute Gasteiger partial charge is 0.408 e. The van der Waals surface area contributed by atoms with Crippen molar-refractivity contribution in [2.24, 2.45) is 0 Å². The minimum absolute atomic E-state index is 0.748. The van der Waals surface area contributed by atoms with Crippen molar-refractivity contribution in [2.45, 2.75) is 13.8 Å². The van der Waals surface area contributed by atoms with Gasteiger partial charge in [-0.2, -0.15) is 0 Å². The van der Waals surface area contributed by atoms with Gasteiger partial charge in [0.2, 0.25) is 0 Å². The van der Waals surface area contributed by atoms with Crippen molar-refractivity contribution in [2.75, 3.05) is 14.2 Å². The van der Waals surface area contributed by atoms with E-state index in [0.29, 0.717) is 0 Å². The van der Waals surface area contributed by atoms with Crippen molar-refractivity contribution in [3.8, 4) is 44.5 Å². The van der Waals surface area contributed by atoms with Crippen molar-refractivity contribution in [3.63, 3.8) is 0 Å². The van der Waals surface area contributed by atoms with Crippen LogP contribution in [0, 0.1) is 13.8 Å². The van der Waals surface area contributed by atoms with Crippen LogP contribution in [0.1, 0.15) is 11.1 Å². The third kappa shape index (κ3) is 4.92. The number of halogens is 2. The molecule has 0 atom stereocenters. The summed E-state index contributed by atoms with van der Waals surface area (Å²) in [6.07, 6.45) is 0. The monoisotopic (exact) mass is 692 g/mol. The second-order valence-electron chi connectivity index (χ2n) is 12.6. The van der Waals surface area contributed by atoms with Crippen LogP contribution < -0.4 is 10.4 Å². The minimum Gasteiger partial charge on any atom is -0.391 e. The SMILES string of the molecule is CO[Si](OC)(c1c(C)cc2c(-c3ccc(Cl)c4ccccc34)ccccc1-2)c1c(C)cc2c(-c3ccc(Cl)c4ccccc34)ccccc1-2. The van der Waals surface area contributed by atoms with Gasteiger partial charge in [0, 0.05) is 45.4 Å². The van der Waals surface area contributed by atoms with E-state index >= 15 is 0 Å². The number of aryl methyl sites for hydroxylation is 2. The van der Waals surface area contributed by atoms with Gasteiger partial charge in [-0.15, -0.1) is 0 Å². The Labute approximate surface area is 298 Å². The summed E-state index contributed by atoms with van der Waals surface area (Å²) in [6, 6.07) is 46.9. The summed E-state index contributed by atoms with van der Waals surface area (Å²) in [6.45, 7) is 4.37. The molecule has 0 heterocycles. The van der Waals surface area contributed by atoms with E-state index in [4.69, 9.17) is 32.1 Å². The molecule has 4 aliphatic carbocycles. The Bertz CT molecular complexity index is 2310. The van der Waals surface area contributed by atoms with E-state index in [1.165, 1.54) is 0 Å². The Morgan fingerprint density at radius 3 is 1.12 bits per heavy atom. The lowest BCUT2D eigenvalue weighted by molar-refractivity contribution is 0.273. The number of hydrogen-bond donors (Lipinski definition) is 0. The first-order chi connectivity index (χ1) is 23.9. The molecule has 0 amide bonds. The Morgan fingerprint density at radius 2 is 0.735 bits per heavy atom. The van der Waals surface area contributed by atoms with Gasteiger partial charge in [0.1, 0.15) is 0 Å². The molecule has 0 aromatic heterocycles. The van der Waals surface area contributed by atoms with E-state index in [2.05, 4.69) is 123 Å². The highest BCUT2D eigenvalue weighted by Crippen LogP contribution is 2.43. The maximum Gasteiger partial charge on any atom is 0.408 e. The van der Waals surface area contributed by atoms with E-state index in [1.807, 2.05) is 24.3 Å². The molecule has 4 aromatic rings. The molecule has 0 unspecified atom stereocenters. The molecule has 2 nitrogen and oxygen atoms in total. The quantitative estimate of drug-likeness (QED) is 0.161. The molecule has 240 valence electrons. The van der Waals surface area contributed by atoms with Gasteiger partial charge in [0.15, 0.2) is 0 Å². The van der Waals surface area contributed by atoms with Crippen molar-refractivity contribution in [1.29, 1.82) is 0 Å². The van der Waals surface area contributed by atoms with Gasteiger partial charge in [-0.3, -0.25) is 0 Å². The van der Waals surface area contributed by atoms with Gasteiger partial charge in [0.05, 0.1) is 0 Å². The lowest BCUT2D eigenvalue weighted by Gasteiger charge is -2.30. The summed E-state index contributed by atoms with van der Waals surface area (Å²) in [4.78, 5) is 0. The first-order valence-electron chi connectivity index (χ1n) is 16.4. The number of benzene rings is 4. The Kier molecular flexibility index (Phi) is 8.07. The summed E-state index contributed by atoms with van der Waals surface area (Å²) in [5.41, 5.74) is 11.4. The summed E-state index contributed by atoms with van der Waals surface area (Å²) in [5, 5.41) is 8.08. The molecule has 0 radical (unpaired) electrons. The van der Waals surface area contributed by atoms with Crippen molar-refractivity contribution < 1.29 is 8.85 Å². The molecule has 8 rings (SSSR count). The van der Waals surface area contributed by atoms with Crippen LogP contribution in [0.2, 0.25) is 10.0 Å². The van der Waals surface area contributed by atoms with Crippen LogP contribution in [0.4, 0.5) is 0 Å². The first-order valence-corrected chi connectivity index (χ1v) is 19.0. The standard InChI is InChI=1S/C44H34Cl2O2Si/c1-27-25-39-31(33-21-23-41(45)35-17-9-5-13-29(33)35)15-7-11-19-37(39)43(27)49(47-3,48-4)44-28(2)26-40-32(16-8-12-20-38(40)44)34-22-24-42(46)36-18-10-6-14-30(34)36/h5-26H,1-4H3. The summed E-state index contributed by atoms with van der Waals surface area (Å²) < 4.78 is 13.5. The van der Waals surface area contributed by atoms with Crippen LogP contribution in [-0.4, -0.2) is 22.8 Å². The summed E-state index contributed by atoms with van der Waals surface area (Å²) >= 11 is 13.3. The fourth-order valence-corrected chi connectivity index (χ4v) is 12.0. The Balaban J connectivity index is 1.35. The van der Waals surface area contributed by atoms with Crippen molar-refractivity contribution in [1.82, 2.24) is 0 Å². The van der Waals surface area contributed by atoms with Gasteiger partial charge >= 0.3 is 8.56 Å². The van der Waals surface area contributed by atoms with Gasteiger partial charge < -0.3 is 8.85 Å². The number of hydrogen-bond acceptors (Lipinski definition) is 2. The molecule has 0 aliphatic heterocycles. The molecule has 0 bridgehead atoms. The third-order valence-electron chi connectivity index (χ3n) is 10.0. The molecular formula is C44H34Cl2O2Si. The summed E-state index contributed by atoms with van der Waals surface area (Å²) in [5.74, 6) is 0. The fraction of sp³-hybridized carbons (Fsp3) is 0.0909. The smallest absolute Gasteiger partial charge is 0.391 e. The predicted molar refractivity (Wildman–Crippen MR) is 211 cm³/mol. The molecule has 0 fully saturated rings. The van der Waals surface area contributed by atoms with Crippen LogP contribution in [-0.2, 0) is 8.85 Å². The normalized spacial score (nSPS) is 12.0. The average Bonchev–Trinajstić information content (AvgIpc) is 3.44. The highest BCUT2D eigenvalue weighted by atomic mass is 35.5. The van der Waals surface area contributed by atoms with Crippen LogP contribution >= 0.6 is 23.2 Å². The Morgan fingerprint density at radius 1 is 0.388 bits per heavy atom. The van der Waals surface area contributed by atoms with Crippen LogP contribution in [0.15, 0.2) is 133 Å². The van der Waals surface area contributed by atoms with Crippen LogP contribution in [0.25, 0.3) is 66.1 Å². The van der Waals surface area contributed by atoms with E-state index in [9.17, 15) is 0 Å². The van der Waals surface area contributed by atoms with Gasteiger partial charge in [0.25, 0.3) is 0 Å². The molecule has 5 heteroatoms. The molecule has 0 N–H and O–H groups in total. The molecule has 0 saturated carbocycles.